The summed E-state index contributed by atoms with van der Waals surface area (Å²) in [5.41, 5.74) is 1.06. The van der Waals surface area contributed by atoms with Crippen molar-refractivity contribution in [3.05, 3.63) is 30.1 Å². The van der Waals surface area contributed by atoms with Crippen molar-refractivity contribution in [2.24, 2.45) is 5.92 Å². The topological polar surface area (TPSA) is 69.0 Å². The summed E-state index contributed by atoms with van der Waals surface area (Å²) in [6, 6.07) is 5.62. The number of pyridine rings is 1. The van der Waals surface area contributed by atoms with E-state index in [1.807, 2.05) is 12.1 Å². The summed E-state index contributed by atoms with van der Waals surface area (Å²) in [6.07, 6.45) is 3.75. The molecule has 1 fully saturated rings. The molecule has 1 saturated heterocycles. The number of carbonyl (C=O) groups is 1. The van der Waals surface area contributed by atoms with Crippen molar-refractivity contribution in [2.75, 3.05) is 13.1 Å². The monoisotopic (exact) mass is 258 g/mol. The van der Waals surface area contributed by atoms with Crippen LogP contribution in [0.4, 0.5) is 0 Å². The summed E-state index contributed by atoms with van der Waals surface area (Å²) in [6.45, 7) is 4.23. The Labute approximate surface area is 113 Å². The van der Waals surface area contributed by atoms with Gasteiger partial charge in [-0.15, -0.1) is 0 Å². The SMILES string of the molecule is CC1CNC(=O)C(CC#N)N(Cc2cccnc2)C1. The van der Waals surface area contributed by atoms with E-state index in [1.54, 1.807) is 12.4 Å². The lowest BCUT2D eigenvalue weighted by Crippen LogP contribution is -2.43. The van der Waals surface area contributed by atoms with Crippen molar-refractivity contribution in [3.63, 3.8) is 0 Å². The fourth-order valence-corrected chi connectivity index (χ4v) is 2.36. The minimum atomic E-state index is -0.366. The van der Waals surface area contributed by atoms with Gasteiger partial charge in [0.05, 0.1) is 12.5 Å². The highest BCUT2D eigenvalue weighted by Crippen LogP contribution is 2.15. The van der Waals surface area contributed by atoms with Gasteiger partial charge in [0, 0.05) is 32.0 Å². The minimum absolute atomic E-state index is 0.0465. The Morgan fingerprint density at radius 1 is 1.63 bits per heavy atom. The second-order valence-corrected chi connectivity index (χ2v) is 5.02. The molecule has 0 saturated carbocycles. The summed E-state index contributed by atoms with van der Waals surface area (Å²) in [5, 5.41) is 11.8. The zero-order chi connectivity index (χ0) is 13.7. The number of rotatable bonds is 3. The average molecular weight is 258 g/mol. The zero-order valence-corrected chi connectivity index (χ0v) is 11.0. The molecular weight excluding hydrogens is 240 g/mol. The summed E-state index contributed by atoms with van der Waals surface area (Å²) in [5.74, 6) is 0.333. The lowest BCUT2D eigenvalue weighted by atomic mass is 10.1. The van der Waals surface area contributed by atoms with E-state index < -0.39 is 0 Å². The van der Waals surface area contributed by atoms with E-state index in [0.717, 1.165) is 12.1 Å². The maximum atomic E-state index is 12.0. The zero-order valence-electron chi connectivity index (χ0n) is 11.0. The van der Waals surface area contributed by atoms with Gasteiger partial charge in [-0.3, -0.25) is 14.7 Å². The van der Waals surface area contributed by atoms with Crippen molar-refractivity contribution in [3.8, 4) is 6.07 Å². The van der Waals surface area contributed by atoms with Crippen molar-refractivity contribution >= 4 is 5.91 Å². The van der Waals surface area contributed by atoms with Crippen LogP contribution in [0, 0.1) is 17.2 Å². The molecule has 0 aromatic carbocycles. The van der Waals surface area contributed by atoms with Gasteiger partial charge >= 0.3 is 0 Å². The number of hydrogen-bond acceptors (Lipinski definition) is 4. The Morgan fingerprint density at radius 3 is 3.16 bits per heavy atom. The maximum absolute atomic E-state index is 12.0. The molecule has 1 amide bonds. The van der Waals surface area contributed by atoms with Crippen LogP contribution in [0.3, 0.4) is 0 Å². The van der Waals surface area contributed by atoms with E-state index in [1.165, 1.54) is 0 Å². The van der Waals surface area contributed by atoms with Gasteiger partial charge in [-0.25, -0.2) is 0 Å². The van der Waals surface area contributed by atoms with Crippen LogP contribution in [0.15, 0.2) is 24.5 Å². The molecule has 0 bridgehead atoms. The largest absolute Gasteiger partial charge is 0.354 e. The average Bonchev–Trinajstić information content (AvgIpc) is 2.54. The fraction of sp³-hybridized carbons (Fsp3) is 0.500. The number of nitrogens with zero attached hydrogens (tertiary/aromatic N) is 3. The fourth-order valence-electron chi connectivity index (χ4n) is 2.36. The third kappa shape index (κ3) is 3.52. The van der Waals surface area contributed by atoms with Gasteiger partial charge in [0.15, 0.2) is 0 Å². The van der Waals surface area contributed by atoms with Crippen molar-refractivity contribution < 1.29 is 4.79 Å². The number of amides is 1. The number of hydrogen-bond donors (Lipinski definition) is 1. The van der Waals surface area contributed by atoms with Gasteiger partial charge in [-0.05, 0) is 17.5 Å². The van der Waals surface area contributed by atoms with Crippen LogP contribution in [0.2, 0.25) is 0 Å². The smallest absolute Gasteiger partial charge is 0.238 e. The molecule has 0 spiro atoms. The van der Waals surface area contributed by atoms with Gasteiger partial charge in [0.2, 0.25) is 5.91 Å². The minimum Gasteiger partial charge on any atom is -0.354 e. The van der Waals surface area contributed by atoms with E-state index in [0.29, 0.717) is 19.0 Å². The van der Waals surface area contributed by atoms with Gasteiger partial charge in [-0.2, -0.15) is 5.26 Å². The Morgan fingerprint density at radius 2 is 2.47 bits per heavy atom. The molecule has 1 aromatic rings. The van der Waals surface area contributed by atoms with Gasteiger partial charge in [0.25, 0.3) is 0 Å². The first-order valence-electron chi connectivity index (χ1n) is 6.48. The molecule has 1 aromatic heterocycles. The highest BCUT2D eigenvalue weighted by atomic mass is 16.2. The van der Waals surface area contributed by atoms with E-state index in [-0.39, 0.29) is 18.4 Å². The van der Waals surface area contributed by atoms with E-state index in [2.05, 4.69) is 28.2 Å². The van der Waals surface area contributed by atoms with E-state index >= 15 is 0 Å². The first-order valence-corrected chi connectivity index (χ1v) is 6.48. The number of nitriles is 1. The molecule has 5 heteroatoms. The number of aromatic nitrogens is 1. The Balaban J connectivity index is 2.17. The molecule has 5 nitrogen and oxygen atoms in total. The second kappa shape index (κ2) is 6.30. The molecule has 100 valence electrons. The summed E-state index contributed by atoms with van der Waals surface area (Å²) >= 11 is 0. The van der Waals surface area contributed by atoms with Crippen LogP contribution in [0.5, 0.6) is 0 Å². The quantitative estimate of drug-likeness (QED) is 0.875. The second-order valence-electron chi connectivity index (χ2n) is 5.02. The molecular formula is C14H18N4O. The van der Waals surface area contributed by atoms with Crippen molar-refractivity contribution in [2.45, 2.75) is 25.9 Å². The maximum Gasteiger partial charge on any atom is 0.238 e. The van der Waals surface area contributed by atoms with Crippen molar-refractivity contribution in [1.29, 1.82) is 5.26 Å². The molecule has 1 aliphatic heterocycles. The lowest BCUT2D eigenvalue weighted by molar-refractivity contribution is -0.125. The van der Waals surface area contributed by atoms with Crippen LogP contribution in [-0.4, -0.2) is 34.9 Å². The highest BCUT2D eigenvalue weighted by Gasteiger charge is 2.30. The van der Waals surface area contributed by atoms with Gasteiger partial charge in [0.1, 0.15) is 6.04 Å². The van der Waals surface area contributed by atoms with Crippen LogP contribution >= 0.6 is 0 Å². The molecule has 19 heavy (non-hydrogen) atoms. The van der Waals surface area contributed by atoms with E-state index in [4.69, 9.17) is 5.26 Å². The molecule has 2 rings (SSSR count). The molecule has 2 heterocycles. The normalized spacial score (nSPS) is 24.3. The van der Waals surface area contributed by atoms with E-state index in [9.17, 15) is 4.79 Å². The summed E-state index contributed by atoms with van der Waals surface area (Å²) in [7, 11) is 0. The Kier molecular flexibility index (Phi) is 4.48. The predicted molar refractivity (Wildman–Crippen MR) is 70.8 cm³/mol. The first kappa shape index (κ1) is 13.5. The third-order valence-corrected chi connectivity index (χ3v) is 3.31. The Hall–Kier alpha value is -1.93. The summed E-state index contributed by atoms with van der Waals surface area (Å²) in [4.78, 5) is 18.2. The molecule has 0 aliphatic carbocycles. The van der Waals surface area contributed by atoms with Crippen LogP contribution in [0.1, 0.15) is 18.9 Å². The molecule has 2 atom stereocenters. The predicted octanol–water partition coefficient (Wildman–Crippen LogP) is 0.932. The lowest BCUT2D eigenvalue weighted by Gasteiger charge is -2.27. The molecule has 0 radical (unpaired) electrons. The van der Waals surface area contributed by atoms with Crippen LogP contribution in [0.25, 0.3) is 0 Å². The van der Waals surface area contributed by atoms with Crippen LogP contribution in [-0.2, 0) is 11.3 Å². The summed E-state index contributed by atoms with van der Waals surface area (Å²) < 4.78 is 0. The molecule has 1 aliphatic rings. The van der Waals surface area contributed by atoms with Crippen molar-refractivity contribution in [1.82, 2.24) is 15.2 Å². The van der Waals surface area contributed by atoms with Gasteiger partial charge < -0.3 is 5.32 Å². The van der Waals surface area contributed by atoms with Crippen LogP contribution < -0.4 is 5.32 Å². The van der Waals surface area contributed by atoms with Gasteiger partial charge in [-0.1, -0.05) is 13.0 Å². The third-order valence-electron chi connectivity index (χ3n) is 3.31. The molecule has 2 unspecified atom stereocenters. The number of carbonyl (C=O) groups excluding carboxylic acids is 1. The molecule has 1 N–H and O–H groups in total. The number of nitrogens with one attached hydrogen (secondary N) is 1. The highest BCUT2D eigenvalue weighted by molar-refractivity contribution is 5.82. The Bertz CT molecular complexity index is 468. The first-order chi connectivity index (χ1) is 9.20. The standard InChI is InChI=1S/C14H18N4O/c1-11-7-17-14(19)13(4-5-15)18(9-11)10-12-3-2-6-16-8-12/h2-3,6,8,11,13H,4,7,9-10H2,1H3,(H,17,19).